The molecule has 3 saturated heterocycles. The summed E-state index contributed by atoms with van der Waals surface area (Å²) >= 11 is 1.46. The molecule has 5 atom stereocenters. The van der Waals surface area contributed by atoms with Crippen molar-refractivity contribution in [1.29, 1.82) is 5.26 Å². The molecule has 228 valence electrons. The predicted octanol–water partition coefficient (Wildman–Crippen LogP) is 3.22. The number of halogens is 1. The van der Waals surface area contributed by atoms with E-state index in [-0.39, 0.29) is 35.3 Å². The minimum atomic E-state index is -0.851. The summed E-state index contributed by atoms with van der Waals surface area (Å²) in [6.07, 6.45) is 4.04. The number of rotatable bonds is 6. The Morgan fingerprint density at radius 2 is 2.05 bits per heavy atom. The first kappa shape index (κ1) is 28.4. The maximum atomic E-state index is 14.4. The van der Waals surface area contributed by atoms with Gasteiger partial charge in [0.1, 0.15) is 23.8 Å². The molecule has 7 rings (SSSR count). The number of nitriles is 1. The molecule has 3 aromatic rings. The molecule has 3 fully saturated rings. The molecule has 3 N–H and O–H groups in total. The topological polar surface area (TPSA) is 155 Å². The number of nitrogens with two attached hydrogens (primary N) is 1. The Balaban J connectivity index is 1.25. The third-order valence-corrected chi connectivity index (χ3v) is 10.8. The van der Waals surface area contributed by atoms with Crippen LogP contribution < -0.4 is 20.7 Å². The normalized spacial score (nSPS) is 30.7. The molecular formula is C29H37FN10O2S. The van der Waals surface area contributed by atoms with Crippen LogP contribution in [0, 0.1) is 11.3 Å². The van der Waals surface area contributed by atoms with E-state index in [1.807, 2.05) is 6.92 Å². The van der Waals surface area contributed by atoms with Crippen molar-refractivity contribution >= 4 is 22.3 Å². The molecule has 6 heterocycles. The Morgan fingerprint density at radius 1 is 1.19 bits per heavy atom. The van der Waals surface area contributed by atoms with E-state index in [2.05, 4.69) is 45.2 Å². The maximum absolute atomic E-state index is 14.4. The average molecular weight is 609 g/mol. The van der Waals surface area contributed by atoms with Crippen LogP contribution in [0.15, 0.2) is 4.52 Å². The van der Waals surface area contributed by atoms with Crippen LogP contribution in [0.1, 0.15) is 74.8 Å². The van der Waals surface area contributed by atoms with E-state index in [9.17, 15) is 9.65 Å². The van der Waals surface area contributed by atoms with E-state index in [0.29, 0.717) is 48.5 Å². The van der Waals surface area contributed by atoms with Crippen molar-refractivity contribution in [2.75, 3.05) is 43.4 Å². The van der Waals surface area contributed by atoms with E-state index in [0.717, 1.165) is 55.6 Å². The molecule has 0 aromatic carbocycles. The second kappa shape index (κ2) is 10.6. The first-order valence-electron chi connectivity index (χ1n) is 15.1. The van der Waals surface area contributed by atoms with Crippen LogP contribution >= 0.6 is 11.3 Å². The van der Waals surface area contributed by atoms with Gasteiger partial charge in [0.05, 0.1) is 16.5 Å². The van der Waals surface area contributed by atoms with Gasteiger partial charge in [0, 0.05) is 48.6 Å². The first-order chi connectivity index (χ1) is 20.7. The van der Waals surface area contributed by atoms with Crippen molar-refractivity contribution in [2.24, 2.45) is 0 Å². The Labute approximate surface area is 253 Å². The van der Waals surface area contributed by atoms with Crippen molar-refractivity contribution in [3.63, 3.8) is 0 Å². The number of nitrogens with zero attached hydrogens (tertiary/aromatic N) is 8. The van der Waals surface area contributed by atoms with E-state index < -0.39 is 11.6 Å². The van der Waals surface area contributed by atoms with Crippen LogP contribution in [0.2, 0.25) is 0 Å². The van der Waals surface area contributed by atoms with Crippen LogP contribution in [0.5, 0.6) is 6.01 Å². The van der Waals surface area contributed by atoms with E-state index in [1.54, 1.807) is 0 Å². The lowest BCUT2D eigenvalue weighted by Gasteiger charge is -2.37. The van der Waals surface area contributed by atoms with Gasteiger partial charge in [-0.1, -0.05) is 5.16 Å². The van der Waals surface area contributed by atoms with Crippen molar-refractivity contribution in [3.05, 3.63) is 21.9 Å². The Morgan fingerprint density at radius 3 is 2.88 bits per heavy atom. The molecule has 0 radical (unpaired) electrons. The zero-order valence-corrected chi connectivity index (χ0v) is 25.6. The number of hydrogen-bond acceptors (Lipinski definition) is 13. The molecule has 3 aromatic heterocycles. The van der Waals surface area contributed by atoms with Gasteiger partial charge >= 0.3 is 6.01 Å². The van der Waals surface area contributed by atoms with Gasteiger partial charge < -0.3 is 25.2 Å². The number of aromatic nitrogens is 5. The van der Waals surface area contributed by atoms with Gasteiger partial charge in [-0.2, -0.15) is 25.2 Å². The van der Waals surface area contributed by atoms with E-state index in [4.69, 9.17) is 29.9 Å². The quantitative estimate of drug-likeness (QED) is 0.422. The highest BCUT2D eigenvalue weighted by Crippen LogP contribution is 2.48. The summed E-state index contributed by atoms with van der Waals surface area (Å²) in [5, 5.41) is 18.2. The van der Waals surface area contributed by atoms with Crippen LogP contribution in [0.4, 0.5) is 15.3 Å². The number of nitrogen functional groups attached to an aromatic ring is 1. The number of hydrogen-bond donors (Lipinski definition) is 2. The van der Waals surface area contributed by atoms with Crippen molar-refractivity contribution in [2.45, 2.75) is 88.5 Å². The molecule has 43 heavy (non-hydrogen) atoms. The van der Waals surface area contributed by atoms with Crippen molar-refractivity contribution < 1.29 is 13.7 Å². The number of thiophene rings is 1. The van der Waals surface area contributed by atoms with Crippen LogP contribution in [-0.4, -0.2) is 86.6 Å². The highest BCUT2D eigenvalue weighted by atomic mass is 32.1. The lowest BCUT2D eigenvalue weighted by Crippen LogP contribution is -2.55. The molecule has 12 nitrogen and oxygen atoms in total. The number of ether oxygens (including phenoxy) is 1. The summed E-state index contributed by atoms with van der Waals surface area (Å²) < 4.78 is 26.6. The molecule has 14 heteroatoms. The van der Waals surface area contributed by atoms with Crippen LogP contribution in [-0.2, 0) is 11.8 Å². The van der Waals surface area contributed by atoms with Crippen LogP contribution in [0.25, 0.3) is 11.6 Å². The number of aryl methyl sites for hydroxylation is 1. The Hall–Kier alpha value is -3.41. The zero-order chi connectivity index (χ0) is 29.9. The molecule has 0 saturated carbocycles. The average Bonchev–Trinajstić information content (AvgIpc) is 3.75. The molecular weight excluding hydrogens is 571 g/mol. The first-order valence-corrected chi connectivity index (χ1v) is 15.9. The lowest BCUT2D eigenvalue weighted by molar-refractivity contribution is 0.107. The molecule has 4 aliphatic rings. The largest absolute Gasteiger partial charge is 0.461 e. The molecule has 0 bridgehead atoms. The third kappa shape index (κ3) is 4.81. The summed E-state index contributed by atoms with van der Waals surface area (Å²) in [5.41, 5.74) is 6.59. The summed E-state index contributed by atoms with van der Waals surface area (Å²) in [5.74, 6) is 1.34. The number of anilines is 2. The van der Waals surface area contributed by atoms with Gasteiger partial charge in [-0.05, 0) is 59.4 Å². The minimum absolute atomic E-state index is 0.138. The van der Waals surface area contributed by atoms with Gasteiger partial charge in [0.25, 0.3) is 0 Å². The summed E-state index contributed by atoms with van der Waals surface area (Å²) in [7, 11) is 0. The highest BCUT2D eigenvalue weighted by Gasteiger charge is 2.49. The SMILES string of the molecule is C[C@@H]1CN(c2nc(OC[C@@]34CCCN3C[C@H](F)C4)nc(-c3noc([C@@]4(C)CCCc5sc(N)c(C#N)c54)n3)n2)[C@H](C)CN1. The smallest absolute Gasteiger partial charge is 0.321 e. The monoisotopic (exact) mass is 608 g/mol. The summed E-state index contributed by atoms with van der Waals surface area (Å²) in [4.78, 5) is 24.4. The lowest BCUT2D eigenvalue weighted by atomic mass is 9.72. The van der Waals surface area contributed by atoms with Crippen molar-refractivity contribution in [3.8, 4) is 23.7 Å². The molecule has 0 unspecified atom stereocenters. The molecule has 1 aliphatic carbocycles. The number of alkyl halides is 1. The Kier molecular flexibility index (Phi) is 7.02. The van der Waals surface area contributed by atoms with Crippen LogP contribution in [0.3, 0.4) is 0 Å². The van der Waals surface area contributed by atoms with Gasteiger partial charge in [-0.3, -0.25) is 4.90 Å². The Bertz CT molecular complexity index is 1570. The highest BCUT2D eigenvalue weighted by molar-refractivity contribution is 7.16. The second-order valence-corrected chi connectivity index (χ2v) is 13.9. The fourth-order valence-electron chi connectivity index (χ4n) is 7.43. The predicted molar refractivity (Wildman–Crippen MR) is 159 cm³/mol. The van der Waals surface area contributed by atoms with Gasteiger partial charge in [-0.15, -0.1) is 11.3 Å². The number of fused-ring (bicyclic) bond motifs is 2. The summed E-state index contributed by atoms with van der Waals surface area (Å²) in [6.45, 7) is 9.39. The molecule has 0 amide bonds. The standard InChI is InChI=1S/C29H37FN10O2S/c1-16-13-40(17(2)12-33-16)26-35-23(36-27(37-26)41-15-29-8-5-9-39(29)14-18(30)10-29)24-34-25(42-38-24)28(3)7-4-6-20-21(28)19(11-31)22(32)43-20/h16-18,33H,4-10,12-15,32H2,1-3H3/t16-,17-,18-,28+,29+/m1/s1. The van der Waals surface area contributed by atoms with E-state index >= 15 is 0 Å². The van der Waals surface area contributed by atoms with Crippen molar-refractivity contribution in [1.82, 2.24) is 35.3 Å². The zero-order valence-electron chi connectivity index (χ0n) is 24.8. The molecule has 0 spiro atoms. The maximum Gasteiger partial charge on any atom is 0.321 e. The molecule has 3 aliphatic heterocycles. The van der Waals surface area contributed by atoms with Gasteiger partial charge in [0.2, 0.25) is 23.5 Å². The fourth-order valence-corrected chi connectivity index (χ4v) is 8.63. The number of nitrogens with one attached hydrogen (secondary N) is 1. The van der Waals surface area contributed by atoms with E-state index in [1.165, 1.54) is 11.3 Å². The number of piperazine rings is 1. The second-order valence-electron chi connectivity index (χ2n) is 12.8. The summed E-state index contributed by atoms with van der Waals surface area (Å²) in [6, 6.07) is 2.84. The van der Waals surface area contributed by atoms with Gasteiger partial charge in [0.15, 0.2) is 0 Å². The van der Waals surface area contributed by atoms with Gasteiger partial charge in [-0.25, -0.2) is 4.39 Å². The third-order valence-electron chi connectivity index (χ3n) is 9.71. The fraction of sp³-hybridized carbons (Fsp3) is 0.655. The minimum Gasteiger partial charge on any atom is -0.461 e.